The molecule has 0 bridgehead atoms. The van der Waals surface area contributed by atoms with Crippen LogP contribution in [-0.4, -0.2) is 27.9 Å². The first kappa shape index (κ1) is 12.4. The van der Waals surface area contributed by atoms with Crippen LogP contribution in [0.5, 0.6) is 0 Å². The second-order valence-electron chi connectivity index (χ2n) is 3.47. The summed E-state index contributed by atoms with van der Waals surface area (Å²) in [6.45, 7) is 2.03. The number of aryl methyl sites for hydroxylation is 2. The lowest BCUT2D eigenvalue weighted by molar-refractivity contribution is -0.145. The molecule has 1 heterocycles. The molecule has 0 unspecified atom stereocenters. The third-order valence-corrected chi connectivity index (χ3v) is 2.20. The molecule has 0 aliphatic heterocycles. The van der Waals surface area contributed by atoms with E-state index in [1.807, 2.05) is 17.8 Å². The molecule has 1 aromatic rings. The van der Waals surface area contributed by atoms with Gasteiger partial charge in [-0.25, -0.2) is 4.98 Å². The minimum atomic E-state index is -0.452. The van der Waals surface area contributed by atoms with Gasteiger partial charge in [-0.2, -0.15) is 0 Å². The monoisotopic (exact) mass is 224 g/mol. The predicted molar refractivity (Wildman–Crippen MR) is 57.8 cm³/mol. The molecule has 0 saturated carbocycles. The summed E-state index contributed by atoms with van der Waals surface area (Å²) in [7, 11) is 1.87. The fourth-order valence-electron chi connectivity index (χ4n) is 1.35. The molecule has 1 aromatic heterocycles. The maximum absolute atomic E-state index is 11.4. The van der Waals surface area contributed by atoms with E-state index in [4.69, 9.17) is 4.74 Å². The van der Waals surface area contributed by atoms with E-state index in [1.165, 1.54) is 0 Å². The molecular formula is C11H16N2O3. The van der Waals surface area contributed by atoms with Gasteiger partial charge in [0, 0.05) is 32.3 Å². The molecule has 0 atom stereocenters. The predicted octanol–water partition coefficient (Wildman–Crippen LogP) is 0.875. The maximum Gasteiger partial charge on any atom is 0.313 e. The Morgan fingerprint density at radius 1 is 1.50 bits per heavy atom. The van der Waals surface area contributed by atoms with Crippen LogP contribution in [0.4, 0.5) is 0 Å². The summed E-state index contributed by atoms with van der Waals surface area (Å²) in [5.41, 5.74) is 0. The molecule has 5 nitrogen and oxygen atoms in total. The van der Waals surface area contributed by atoms with Crippen molar-refractivity contribution in [2.45, 2.75) is 26.2 Å². The zero-order valence-electron chi connectivity index (χ0n) is 9.60. The van der Waals surface area contributed by atoms with E-state index in [-0.39, 0.29) is 12.2 Å². The minimum absolute atomic E-state index is 0.110. The van der Waals surface area contributed by atoms with Crippen LogP contribution in [0.1, 0.15) is 25.6 Å². The highest BCUT2D eigenvalue weighted by Crippen LogP contribution is 2.02. The first-order valence-electron chi connectivity index (χ1n) is 5.27. The van der Waals surface area contributed by atoms with Gasteiger partial charge in [0.15, 0.2) is 0 Å². The van der Waals surface area contributed by atoms with Crippen molar-refractivity contribution >= 4 is 11.8 Å². The second-order valence-corrected chi connectivity index (χ2v) is 3.47. The zero-order chi connectivity index (χ0) is 12.0. The molecule has 0 aromatic carbocycles. The van der Waals surface area contributed by atoms with Crippen LogP contribution in [0.25, 0.3) is 0 Å². The molecular weight excluding hydrogens is 208 g/mol. The summed E-state index contributed by atoms with van der Waals surface area (Å²) in [5, 5.41) is 0. The number of imidazole rings is 1. The number of carbonyl (C=O) groups excluding carboxylic acids is 2. The van der Waals surface area contributed by atoms with Crippen molar-refractivity contribution in [1.29, 1.82) is 0 Å². The average Bonchev–Trinajstić information content (AvgIpc) is 2.61. The van der Waals surface area contributed by atoms with Crippen LogP contribution < -0.4 is 0 Å². The molecule has 0 fully saturated rings. The SMILES string of the molecule is CCOC(=O)CC(=O)CCc1nccn1C. The Hall–Kier alpha value is -1.65. The molecule has 5 heteroatoms. The molecule has 0 aliphatic carbocycles. The summed E-state index contributed by atoms with van der Waals surface area (Å²) >= 11 is 0. The Bertz CT molecular complexity index is 371. The fraction of sp³-hybridized carbons (Fsp3) is 0.545. The average molecular weight is 224 g/mol. The molecule has 16 heavy (non-hydrogen) atoms. The van der Waals surface area contributed by atoms with Gasteiger partial charge in [-0.1, -0.05) is 0 Å². The Morgan fingerprint density at radius 3 is 2.81 bits per heavy atom. The van der Waals surface area contributed by atoms with Crippen molar-refractivity contribution in [3.63, 3.8) is 0 Å². The van der Waals surface area contributed by atoms with E-state index in [1.54, 1.807) is 13.1 Å². The summed E-state index contributed by atoms with van der Waals surface area (Å²) in [5.74, 6) is 0.283. The van der Waals surface area contributed by atoms with Crippen LogP contribution >= 0.6 is 0 Å². The smallest absolute Gasteiger partial charge is 0.313 e. The van der Waals surface area contributed by atoms with E-state index in [0.29, 0.717) is 19.4 Å². The number of Topliss-reactive ketones (excluding diaryl/α,β-unsaturated/α-hetero) is 1. The summed E-state index contributed by atoms with van der Waals surface area (Å²) < 4.78 is 6.55. The number of nitrogens with zero attached hydrogens (tertiary/aromatic N) is 2. The van der Waals surface area contributed by atoms with Gasteiger partial charge >= 0.3 is 5.97 Å². The molecule has 0 amide bonds. The van der Waals surface area contributed by atoms with Crippen LogP contribution in [0.15, 0.2) is 12.4 Å². The Kier molecular flexibility index (Phi) is 4.69. The number of ketones is 1. The number of carbonyl (C=O) groups is 2. The van der Waals surface area contributed by atoms with E-state index in [2.05, 4.69) is 4.98 Å². The van der Waals surface area contributed by atoms with Gasteiger partial charge in [-0.05, 0) is 6.92 Å². The summed E-state index contributed by atoms with van der Waals surface area (Å²) in [6, 6.07) is 0. The second kappa shape index (κ2) is 6.05. The normalized spacial score (nSPS) is 10.1. The number of ether oxygens (including phenoxy) is 1. The highest BCUT2D eigenvalue weighted by molar-refractivity contribution is 5.95. The first-order chi connectivity index (χ1) is 7.63. The zero-order valence-corrected chi connectivity index (χ0v) is 9.60. The van der Waals surface area contributed by atoms with E-state index >= 15 is 0 Å². The van der Waals surface area contributed by atoms with Crippen molar-refractivity contribution < 1.29 is 14.3 Å². The van der Waals surface area contributed by atoms with Crippen molar-refractivity contribution in [1.82, 2.24) is 9.55 Å². The van der Waals surface area contributed by atoms with Crippen LogP contribution in [0.2, 0.25) is 0 Å². The highest BCUT2D eigenvalue weighted by Gasteiger charge is 2.11. The van der Waals surface area contributed by atoms with Gasteiger partial charge < -0.3 is 9.30 Å². The van der Waals surface area contributed by atoms with Crippen molar-refractivity contribution in [3.8, 4) is 0 Å². The van der Waals surface area contributed by atoms with Crippen LogP contribution in [0, 0.1) is 0 Å². The topological polar surface area (TPSA) is 61.2 Å². The molecule has 0 saturated heterocycles. The Morgan fingerprint density at radius 2 is 2.25 bits per heavy atom. The Labute approximate surface area is 94.4 Å². The van der Waals surface area contributed by atoms with Crippen LogP contribution in [0.3, 0.4) is 0 Å². The summed E-state index contributed by atoms with van der Waals surface area (Å²) in [4.78, 5) is 26.5. The third-order valence-electron chi connectivity index (χ3n) is 2.20. The largest absolute Gasteiger partial charge is 0.466 e. The molecule has 88 valence electrons. The molecule has 1 rings (SSSR count). The van der Waals surface area contributed by atoms with Gasteiger partial charge in [0.25, 0.3) is 0 Å². The lowest BCUT2D eigenvalue weighted by Gasteiger charge is -2.02. The van der Waals surface area contributed by atoms with Crippen molar-refractivity contribution in [3.05, 3.63) is 18.2 Å². The molecule has 0 spiro atoms. The van der Waals surface area contributed by atoms with Gasteiger partial charge in [-0.3, -0.25) is 9.59 Å². The van der Waals surface area contributed by atoms with E-state index in [0.717, 1.165) is 5.82 Å². The Balaban J connectivity index is 2.31. The van der Waals surface area contributed by atoms with E-state index in [9.17, 15) is 9.59 Å². The first-order valence-corrected chi connectivity index (χ1v) is 5.27. The van der Waals surface area contributed by atoms with Gasteiger partial charge in [0.05, 0.1) is 6.61 Å². The summed E-state index contributed by atoms with van der Waals surface area (Å²) in [6.07, 6.45) is 4.25. The lowest BCUT2D eigenvalue weighted by Crippen LogP contribution is -2.12. The van der Waals surface area contributed by atoms with Crippen LogP contribution in [-0.2, 0) is 27.8 Å². The number of hydrogen-bond donors (Lipinski definition) is 0. The minimum Gasteiger partial charge on any atom is -0.466 e. The molecule has 0 radical (unpaired) electrons. The fourth-order valence-corrected chi connectivity index (χ4v) is 1.35. The highest BCUT2D eigenvalue weighted by atomic mass is 16.5. The van der Waals surface area contributed by atoms with Gasteiger partial charge in [0.2, 0.25) is 0 Å². The number of rotatable bonds is 6. The van der Waals surface area contributed by atoms with Gasteiger partial charge in [0.1, 0.15) is 18.0 Å². The van der Waals surface area contributed by atoms with Gasteiger partial charge in [-0.15, -0.1) is 0 Å². The van der Waals surface area contributed by atoms with E-state index < -0.39 is 5.97 Å². The molecule has 0 N–H and O–H groups in total. The lowest BCUT2D eigenvalue weighted by atomic mass is 10.1. The number of aromatic nitrogens is 2. The quantitative estimate of drug-likeness (QED) is 0.531. The van der Waals surface area contributed by atoms with Crippen molar-refractivity contribution in [2.24, 2.45) is 7.05 Å². The third kappa shape index (κ3) is 3.84. The standard InChI is InChI=1S/C11H16N2O3/c1-3-16-11(15)8-9(14)4-5-10-12-6-7-13(10)2/h6-7H,3-5,8H2,1-2H3. The maximum atomic E-state index is 11.4. The number of esters is 1. The van der Waals surface area contributed by atoms with Crippen molar-refractivity contribution in [2.75, 3.05) is 6.61 Å². The number of hydrogen-bond acceptors (Lipinski definition) is 4. The molecule has 0 aliphatic rings.